The maximum absolute atomic E-state index is 12.9. The zero-order valence-corrected chi connectivity index (χ0v) is 10.8. The first-order valence-electron chi connectivity index (χ1n) is 6.34. The summed E-state index contributed by atoms with van der Waals surface area (Å²) in [7, 11) is 0. The Balaban J connectivity index is 2.16. The van der Waals surface area contributed by atoms with Crippen LogP contribution in [0.2, 0.25) is 0 Å². The summed E-state index contributed by atoms with van der Waals surface area (Å²) < 4.78 is 51.4. The summed E-state index contributed by atoms with van der Waals surface area (Å²) >= 11 is 0. The number of halogens is 4. The molecule has 0 saturated carbocycles. The van der Waals surface area contributed by atoms with Crippen LogP contribution in [0.3, 0.4) is 0 Å². The molecular formula is C16H11F4N. The summed E-state index contributed by atoms with van der Waals surface area (Å²) in [6.07, 6.45) is -5.57. The number of aromatic nitrogens is 1. The number of aromatic amines is 1. The lowest BCUT2D eigenvalue weighted by molar-refractivity contribution is 0.144. The molecule has 0 aliphatic rings. The fraction of sp³-hybridized carbons (Fsp3) is 0.125. The number of fused-ring (bicyclic) bond motifs is 1. The van der Waals surface area contributed by atoms with Gasteiger partial charge in [0.15, 0.2) is 0 Å². The smallest absolute Gasteiger partial charge is 0.263 e. The lowest BCUT2D eigenvalue weighted by Gasteiger charge is -2.08. The number of nitrogens with one attached hydrogen (secondary N) is 1. The molecule has 108 valence electrons. The van der Waals surface area contributed by atoms with Gasteiger partial charge < -0.3 is 4.98 Å². The summed E-state index contributed by atoms with van der Waals surface area (Å²) in [5.74, 6) is 0. The number of hydrogen-bond donors (Lipinski definition) is 1. The van der Waals surface area contributed by atoms with Crippen molar-refractivity contribution in [1.29, 1.82) is 0 Å². The molecule has 0 spiro atoms. The average molecular weight is 293 g/mol. The minimum atomic E-state index is -2.79. The summed E-state index contributed by atoms with van der Waals surface area (Å²) in [5.41, 5.74) is 0.899. The molecule has 3 rings (SSSR count). The predicted octanol–water partition coefficient (Wildman–Crippen LogP) is 5.71. The van der Waals surface area contributed by atoms with Crippen molar-refractivity contribution in [1.82, 2.24) is 4.98 Å². The van der Waals surface area contributed by atoms with Gasteiger partial charge in [0.2, 0.25) is 0 Å². The Morgan fingerprint density at radius 3 is 1.95 bits per heavy atom. The van der Waals surface area contributed by atoms with Gasteiger partial charge in [-0.25, -0.2) is 17.6 Å². The largest absolute Gasteiger partial charge is 0.355 e. The molecule has 0 aliphatic heterocycles. The van der Waals surface area contributed by atoms with Gasteiger partial charge in [0.1, 0.15) is 0 Å². The van der Waals surface area contributed by atoms with E-state index in [-0.39, 0.29) is 0 Å². The summed E-state index contributed by atoms with van der Waals surface area (Å²) in [6.45, 7) is 0. The number of rotatable bonds is 3. The Hall–Kier alpha value is -2.30. The average Bonchev–Trinajstić information content (AvgIpc) is 2.90. The molecule has 0 amide bonds. The van der Waals surface area contributed by atoms with Gasteiger partial charge in [-0.05, 0) is 35.9 Å². The number of benzene rings is 2. The van der Waals surface area contributed by atoms with Crippen LogP contribution in [0.4, 0.5) is 17.6 Å². The number of hydrogen-bond acceptors (Lipinski definition) is 0. The van der Waals surface area contributed by atoms with Crippen LogP contribution in [-0.2, 0) is 0 Å². The molecule has 1 nitrogen and oxygen atoms in total. The summed E-state index contributed by atoms with van der Waals surface area (Å²) in [6, 6.07) is 12.5. The van der Waals surface area contributed by atoms with Crippen LogP contribution in [-0.4, -0.2) is 4.98 Å². The van der Waals surface area contributed by atoms with Crippen molar-refractivity contribution in [3.05, 3.63) is 59.7 Å². The van der Waals surface area contributed by atoms with Crippen molar-refractivity contribution >= 4 is 10.9 Å². The Morgan fingerprint density at radius 2 is 1.38 bits per heavy atom. The second-order valence-electron chi connectivity index (χ2n) is 4.76. The van der Waals surface area contributed by atoms with E-state index in [0.717, 1.165) is 17.0 Å². The van der Waals surface area contributed by atoms with Crippen LogP contribution in [0.25, 0.3) is 22.2 Å². The number of para-hydroxylation sites is 1. The van der Waals surface area contributed by atoms with Gasteiger partial charge in [-0.3, -0.25) is 0 Å². The van der Waals surface area contributed by atoms with Crippen LogP contribution in [0.1, 0.15) is 24.0 Å². The molecule has 3 aromatic rings. The molecule has 0 atom stereocenters. The predicted molar refractivity (Wildman–Crippen MR) is 73.6 cm³/mol. The van der Waals surface area contributed by atoms with Crippen molar-refractivity contribution in [2.45, 2.75) is 12.9 Å². The third-order valence-electron chi connectivity index (χ3n) is 3.32. The van der Waals surface area contributed by atoms with E-state index in [1.54, 1.807) is 6.07 Å². The Morgan fingerprint density at radius 1 is 0.762 bits per heavy atom. The van der Waals surface area contributed by atoms with E-state index in [2.05, 4.69) is 4.98 Å². The third kappa shape index (κ3) is 2.63. The van der Waals surface area contributed by atoms with Gasteiger partial charge >= 0.3 is 0 Å². The van der Waals surface area contributed by atoms with Gasteiger partial charge in [-0.2, -0.15) is 0 Å². The van der Waals surface area contributed by atoms with Crippen LogP contribution in [0, 0.1) is 0 Å². The molecule has 0 aliphatic carbocycles. The molecule has 0 unspecified atom stereocenters. The highest BCUT2D eigenvalue weighted by atomic mass is 19.3. The van der Waals surface area contributed by atoms with E-state index in [9.17, 15) is 17.6 Å². The minimum Gasteiger partial charge on any atom is -0.355 e. The van der Waals surface area contributed by atoms with Gasteiger partial charge in [0, 0.05) is 27.7 Å². The van der Waals surface area contributed by atoms with Crippen LogP contribution in [0.15, 0.2) is 48.5 Å². The van der Waals surface area contributed by atoms with Gasteiger partial charge in [-0.1, -0.05) is 18.2 Å². The van der Waals surface area contributed by atoms with Crippen molar-refractivity contribution in [2.75, 3.05) is 0 Å². The molecule has 1 N–H and O–H groups in total. The lowest BCUT2D eigenvalue weighted by atomic mass is 10.0. The summed E-state index contributed by atoms with van der Waals surface area (Å²) in [4.78, 5) is 3.05. The zero-order valence-electron chi connectivity index (χ0n) is 10.8. The molecule has 21 heavy (non-hydrogen) atoms. The third-order valence-corrected chi connectivity index (χ3v) is 3.32. The normalized spacial score (nSPS) is 11.7. The zero-order chi connectivity index (χ0) is 15.0. The molecule has 1 aromatic heterocycles. The van der Waals surface area contributed by atoms with E-state index in [4.69, 9.17) is 0 Å². The molecule has 5 heteroatoms. The second kappa shape index (κ2) is 5.24. The van der Waals surface area contributed by atoms with Gasteiger partial charge in [-0.15, -0.1) is 0 Å². The fourth-order valence-corrected chi connectivity index (χ4v) is 2.31. The van der Waals surface area contributed by atoms with Gasteiger partial charge in [0.25, 0.3) is 12.9 Å². The van der Waals surface area contributed by atoms with E-state index >= 15 is 0 Å². The SMILES string of the molecule is FC(F)c1cc(-c2cc3ccccc3[nH]2)cc(C(F)F)c1. The molecular weight excluding hydrogens is 282 g/mol. The number of alkyl halides is 4. The second-order valence-corrected chi connectivity index (χ2v) is 4.76. The van der Waals surface area contributed by atoms with Crippen LogP contribution >= 0.6 is 0 Å². The molecule has 2 aromatic carbocycles. The van der Waals surface area contributed by atoms with Crippen molar-refractivity contribution in [3.8, 4) is 11.3 Å². The first-order valence-corrected chi connectivity index (χ1v) is 6.34. The fourth-order valence-electron chi connectivity index (χ4n) is 2.31. The number of H-pyrrole nitrogens is 1. The first kappa shape index (κ1) is 13.7. The van der Waals surface area contributed by atoms with Crippen molar-refractivity contribution in [2.24, 2.45) is 0 Å². The molecule has 0 radical (unpaired) electrons. The quantitative estimate of drug-likeness (QED) is 0.595. The van der Waals surface area contributed by atoms with E-state index in [1.807, 2.05) is 24.3 Å². The van der Waals surface area contributed by atoms with Crippen LogP contribution < -0.4 is 0 Å². The van der Waals surface area contributed by atoms with E-state index in [0.29, 0.717) is 11.3 Å². The highest BCUT2D eigenvalue weighted by Crippen LogP contribution is 2.32. The Labute approximate surface area is 118 Å². The summed E-state index contributed by atoms with van der Waals surface area (Å²) in [5, 5.41) is 0.897. The highest BCUT2D eigenvalue weighted by molar-refractivity contribution is 5.85. The minimum absolute atomic E-state index is 0.333. The maximum atomic E-state index is 12.9. The monoisotopic (exact) mass is 293 g/mol. The maximum Gasteiger partial charge on any atom is 0.263 e. The van der Waals surface area contributed by atoms with Crippen LogP contribution in [0.5, 0.6) is 0 Å². The van der Waals surface area contributed by atoms with Gasteiger partial charge in [0.05, 0.1) is 0 Å². The van der Waals surface area contributed by atoms with Crippen molar-refractivity contribution in [3.63, 3.8) is 0 Å². The van der Waals surface area contributed by atoms with E-state index < -0.39 is 24.0 Å². The molecule has 0 fully saturated rings. The first-order chi connectivity index (χ1) is 10.0. The molecule has 1 heterocycles. The lowest BCUT2D eigenvalue weighted by Crippen LogP contribution is -1.92. The highest BCUT2D eigenvalue weighted by Gasteiger charge is 2.16. The molecule has 0 saturated heterocycles. The van der Waals surface area contributed by atoms with Crippen molar-refractivity contribution < 1.29 is 17.6 Å². The van der Waals surface area contributed by atoms with E-state index in [1.165, 1.54) is 12.1 Å². The standard InChI is InChI=1S/C16H11F4N/c17-15(18)11-5-10(6-12(7-11)16(19)20)14-8-9-3-1-2-4-13(9)21-14/h1-8,15-16,21H. The molecule has 0 bridgehead atoms. The Bertz CT molecular complexity index is 718. The topological polar surface area (TPSA) is 15.8 Å². The Kier molecular flexibility index (Phi) is 3.41.